The monoisotopic (exact) mass is 237 g/mol. The van der Waals surface area contributed by atoms with E-state index in [0.29, 0.717) is 19.0 Å². The van der Waals surface area contributed by atoms with Gasteiger partial charge in [-0.15, -0.1) is 0 Å². The van der Waals surface area contributed by atoms with E-state index >= 15 is 0 Å². The quantitative estimate of drug-likeness (QED) is 0.813. The number of ether oxygens (including phenoxy) is 2. The van der Waals surface area contributed by atoms with E-state index in [1.807, 2.05) is 6.07 Å². The van der Waals surface area contributed by atoms with Crippen molar-refractivity contribution >= 4 is 0 Å². The Morgan fingerprint density at radius 1 is 1.12 bits per heavy atom. The Bertz CT molecular complexity index is 416. The molecule has 0 amide bonds. The van der Waals surface area contributed by atoms with Gasteiger partial charge >= 0.3 is 0 Å². The van der Waals surface area contributed by atoms with Crippen LogP contribution in [0.1, 0.15) is 30.9 Å². The first-order valence-electron chi connectivity index (χ1n) is 6.17. The van der Waals surface area contributed by atoms with Gasteiger partial charge in [0, 0.05) is 18.0 Å². The lowest BCUT2D eigenvalue weighted by atomic mass is 10.0. The van der Waals surface area contributed by atoms with E-state index in [9.17, 15) is 4.39 Å². The molecule has 2 heterocycles. The van der Waals surface area contributed by atoms with Crippen LogP contribution in [0, 0.1) is 5.82 Å². The van der Waals surface area contributed by atoms with Crippen LogP contribution < -0.4 is 14.8 Å². The second kappa shape index (κ2) is 4.53. The number of rotatable bonds is 1. The minimum atomic E-state index is -0.330. The van der Waals surface area contributed by atoms with E-state index in [2.05, 4.69) is 5.32 Å². The summed E-state index contributed by atoms with van der Waals surface area (Å²) in [4.78, 5) is 0. The van der Waals surface area contributed by atoms with Crippen LogP contribution in [0.2, 0.25) is 0 Å². The summed E-state index contributed by atoms with van der Waals surface area (Å²) in [6.45, 7) is 2.12. The van der Waals surface area contributed by atoms with Crippen LogP contribution in [0.3, 0.4) is 0 Å². The third kappa shape index (κ3) is 1.97. The van der Waals surface area contributed by atoms with Crippen LogP contribution in [0.15, 0.2) is 12.1 Å². The third-order valence-electron chi connectivity index (χ3n) is 3.31. The van der Waals surface area contributed by atoms with Gasteiger partial charge in [-0.3, -0.25) is 0 Å². The van der Waals surface area contributed by atoms with Crippen LogP contribution in [0.5, 0.6) is 11.5 Å². The Morgan fingerprint density at radius 2 is 1.94 bits per heavy atom. The van der Waals surface area contributed by atoms with Crippen molar-refractivity contribution in [3.05, 3.63) is 23.5 Å². The van der Waals surface area contributed by atoms with Crippen molar-refractivity contribution in [3.8, 4) is 11.5 Å². The van der Waals surface area contributed by atoms with Crippen molar-refractivity contribution in [2.75, 3.05) is 19.8 Å². The lowest BCUT2D eigenvalue weighted by molar-refractivity contribution is 0.291. The van der Waals surface area contributed by atoms with E-state index in [1.165, 1.54) is 6.07 Å². The highest BCUT2D eigenvalue weighted by molar-refractivity contribution is 5.49. The second-order valence-corrected chi connectivity index (χ2v) is 4.49. The van der Waals surface area contributed by atoms with Gasteiger partial charge in [0.1, 0.15) is 0 Å². The van der Waals surface area contributed by atoms with Crippen LogP contribution >= 0.6 is 0 Å². The normalized spacial score (nSPS) is 23.5. The number of benzene rings is 1. The Labute approximate surface area is 99.9 Å². The molecule has 17 heavy (non-hydrogen) atoms. The average molecular weight is 237 g/mol. The molecule has 92 valence electrons. The third-order valence-corrected chi connectivity index (χ3v) is 3.31. The van der Waals surface area contributed by atoms with E-state index in [1.54, 1.807) is 0 Å². The SMILES string of the molecule is Fc1ccc(C2CCCN2)c2c1OCCCO2. The molecule has 4 heteroatoms. The van der Waals surface area contributed by atoms with Gasteiger partial charge in [0.15, 0.2) is 17.3 Å². The summed E-state index contributed by atoms with van der Waals surface area (Å²) in [5.41, 5.74) is 1.03. The molecule has 1 fully saturated rings. The zero-order valence-electron chi connectivity index (χ0n) is 9.67. The van der Waals surface area contributed by atoms with E-state index in [4.69, 9.17) is 9.47 Å². The lowest BCUT2D eigenvalue weighted by Gasteiger charge is -2.17. The van der Waals surface area contributed by atoms with Crippen molar-refractivity contribution in [1.29, 1.82) is 0 Å². The zero-order valence-corrected chi connectivity index (χ0v) is 9.67. The van der Waals surface area contributed by atoms with Crippen molar-refractivity contribution in [2.24, 2.45) is 0 Å². The minimum absolute atomic E-state index is 0.269. The van der Waals surface area contributed by atoms with Crippen molar-refractivity contribution in [2.45, 2.75) is 25.3 Å². The van der Waals surface area contributed by atoms with Crippen molar-refractivity contribution < 1.29 is 13.9 Å². The summed E-state index contributed by atoms with van der Waals surface area (Å²) in [6, 6.07) is 3.56. The van der Waals surface area contributed by atoms with Gasteiger partial charge in [-0.1, -0.05) is 6.07 Å². The van der Waals surface area contributed by atoms with Gasteiger partial charge in [0.2, 0.25) is 0 Å². The zero-order chi connectivity index (χ0) is 11.7. The molecule has 3 rings (SSSR count). The molecule has 1 saturated heterocycles. The summed E-state index contributed by atoms with van der Waals surface area (Å²) < 4.78 is 24.8. The van der Waals surface area contributed by atoms with E-state index in [-0.39, 0.29) is 17.6 Å². The van der Waals surface area contributed by atoms with Gasteiger partial charge in [0.05, 0.1) is 13.2 Å². The molecule has 3 nitrogen and oxygen atoms in total. The van der Waals surface area contributed by atoms with Crippen LogP contribution in [0.4, 0.5) is 4.39 Å². The topological polar surface area (TPSA) is 30.5 Å². The predicted octanol–water partition coefficient (Wildman–Crippen LogP) is 2.41. The number of hydrogen-bond acceptors (Lipinski definition) is 3. The maximum atomic E-state index is 13.7. The van der Waals surface area contributed by atoms with Crippen molar-refractivity contribution in [1.82, 2.24) is 5.32 Å². The second-order valence-electron chi connectivity index (χ2n) is 4.49. The largest absolute Gasteiger partial charge is 0.489 e. The fourth-order valence-electron chi connectivity index (χ4n) is 2.47. The van der Waals surface area contributed by atoms with E-state index < -0.39 is 0 Å². The molecule has 0 radical (unpaired) electrons. The predicted molar refractivity (Wildman–Crippen MR) is 62.0 cm³/mol. The molecule has 2 aliphatic rings. The maximum absolute atomic E-state index is 13.7. The van der Waals surface area contributed by atoms with E-state index in [0.717, 1.165) is 31.4 Å². The molecule has 0 spiro atoms. The Hall–Kier alpha value is -1.29. The molecular weight excluding hydrogens is 221 g/mol. The summed E-state index contributed by atoms with van der Waals surface area (Å²) in [5.74, 6) is 0.555. The minimum Gasteiger partial charge on any atom is -0.489 e. The smallest absolute Gasteiger partial charge is 0.197 e. The standard InChI is InChI=1S/C13H16FNO2/c14-10-5-4-9(11-3-1-6-15-11)12-13(10)17-8-2-7-16-12/h4-5,11,15H,1-3,6-8H2. The molecular formula is C13H16FNO2. The summed E-state index contributed by atoms with van der Waals surface area (Å²) in [7, 11) is 0. The highest BCUT2D eigenvalue weighted by atomic mass is 19.1. The molecule has 1 N–H and O–H groups in total. The van der Waals surface area contributed by atoms with Gasteiger partial charge in [-0.25, -0.2) is 4.39 Å². The first-order chi connectivity index (χ1) is 8.36. The Balaban J connectivity index is 2.03. The van der Waals surface area contributed by atoms with Gasteiger partial charge in [-0.05, 0) is 25.5 Å². The fourth-order valence-corrected chi connectivity index (χ4v) is 2.47. The van der Waals surface area contributed by atoms with Crippen LogP contribution in [0.25, 0.3) is 0 Å². The lowest BCUT2D eigenvalue weighted by Crippen LogP contribution is -2.14. The highest BCUT2D eigenvalue weighted by Gasteiger charge is 2.25. The number of halogens is 1. The summed E-state index contributed by atoms with van der Waals surface area (Å²) in [6.07, 6.45) is 3.02. The number of nitrogens with one attached hydrogen (secondary N) is 1. The molecule has 0 aliphatic carbocycles. The molecule has 1 atom stereocenters. The molecule has 0 aromatic heterocycles. The molecule has 1 aromatic carbocycles. The van der Waals surface area contributed by atoms with Gasteiger partial charge in [0.25, 0.3) is 0 Å². The molecule has 1 unspecified atom stereocenters. The van der Waals surface area contributed by atoms with Crippen LogP contribution in [-0.4, -0.2) is 19.8 Å². The van der Waals surface area contributed by atoms with Crippen molar-refractivity contribution in [3.63, 3.8) is 0 Å². The molecule has 0 saturated carbocycles. The summed E-state index contributed by atoms with van der Waals surface area (Å²) in [5, 5.41) is 3.40. The maximum Gasteiger partial charge on any atom is 0.197 e. The number of hydrogen-bond donors (Lipinski definition) is 1. The molecule has 2 aliphatic heterocycles. The molecule has 1 aromatic rings. The Kier molecular flexibility index (Phi) is 2.89. The van der Waals surface area contributed by atoms with Crippen LogP contribution in [-0.2, 0) is 0 Å². The first-order valence-corrected chi connectivity index (χ1v) is 6.17. The Morgan fingerprint density at radius 3 is 2.71 bits per heavy atom. The summed E-state index contributed by atoms with van der Waals surface area (Å²) >= 11 is 0. The first kappa shape index (κ1) is 10.8. The van der Waals surface area contributed by atoms with Gasteiger partial charge in [-0.2, -0.15) is 0 Å². The molecule has 0 bridgehead atoms. The number of fused-ring (bicyclic) bond motifs is 1. The fraction of sp³-hybridized carbons (Fsp3) is 0.538. The average Bonchev–Trinajstić information content (AvgIpc) is 2.74. The highest BCUT2D eigenvalue weighted by Crippen LogP contribution is 2.40. The van der Waals surface area contributed by atoms with Gasteiger partial charge < -0.3 is 14.8 Å².